The number of rotatable bonds is 4. The monoisotopic (exact) mass is 279 g/mol. The van der Waals surface area contributed by atoms with E-state index in [-0.39, 0.29) is 23.8 Å². The Hall–Kier alpha value is -2.16. The number of nitrogens with two attached hydrogens (primary N) is 1. The highest BCUT2D eigenvalue weighted by Gasteiger charge is 2.28. The van der Waals surface area contributed by atoms with Crippen LogP contribution in [0.4, 0.5) is 14.5 Å². The summed E-state index contributed by atoms with van der Waals surface area (Å²) in [6.45, 7) is -0.232. The smallest absolute Gasteiger partial charge is 0.236 e. The maximum atomic E-state index is 14.1. The molecule has 1 amide bonds. The van der Waals surface area contributed by atoms with Crippen molar-refractivity contribution in [2.75, 3.05) is 11.4 Å². The number of carbonyl (C=O) groups excluding carboxylic acids is 1. The highest BCUT2D eigenvalue weighted by atomic mass is 19.1. The lowest BCUT2D eigenvalue weighted by molar-refractivity contribution is -0.116. The molecular weight excluding hydrogens is 264 g/mol. The van der Waals surface area contributed by atoms with Gasteiger partial charge in [-0.15, -0.1) is 0 Å². The molecular formula is C14H15F2N3O. The SMILES string of the molecule is N#Cc1cc(F)c(N(CC(N)=O)C2CCCC2)c(F)c1. The Balaban J connectivity index is 2.42. The standard InChI is InChI=1S/C14H15F2N3O/c15-11-5-9(7-17)6-12(16)14(11)19(8-13(18)20)10-3-1-2-4-10/h5-6,10H,1-4,8H2,(H2,18,20). The Kier molecular flexibility index (Phi) is 4.18. The van der Waals surface area contributed by atoms with Gasteiger partial charge in [-0.05, 0) is 25.0 Å². The van der Waals surface area contributed by atoms with E-state index in [2.05, 4.69) is 0 Å². The molecule has 0 bridgehead atoms. The molecule has 0 spiro atoms. The first-order valence-electron chi connectivity index (χ1n) is 6.47. The number of nitriles is 1. The normalized spacial score (nSPS) is 15.1. The van der Waals surface area contributed by atoms with Gasteiger partial charge in [-0.2, -0.15) is 5.26 Å². The number of nitrogens with zero attached hydrogens (tertiary/aromatic N) is 2. The predicted molar refractivity (Wildman–Crippen MR) is 69.9 cm³/mol. The second-order valence-electron chi connectivity index (χ2n) is 4.93. The van der Waals surface area contributed by atoms with E-state index in [1.807, 2.05) is 0 Å². The third-order valence-electron chi connectivity index (χ3n) is 3.52. The van der Waals surface area contributed by atoms with Gasteiger partial charge in [0.25, 0.3) is 0 Å². The second-order valence-corrected chi connectivity index (χ2v) is 4.93. The summed E-state index contributed by atoms with van der Waals surface area (Å²) in [6, 6.07) is 3.54. The van der Waals surface area contributed by atoms with Gasteiger partial charge in [0.05, 0.1) is 18.2 Å². The maximum absolute atomic E-state index is 14.1. The summed E-state index contributed by atoms with van der Waals surface area (Å²) in [5, 5.41) is 8.70. The van der Waals surface area contributed by atoms with Crippen LogP contribution in [-0.4, -0.2) is 18.5 Å². The molecule has 0 atom stereocenters. The van der Waals surface area contributed by atoms with Crippen molar-refractivity contribution in [3.05, 3.63) is 29.3 Å². The molecule has 6 heteroatoms. The summed E-state index contributed by atoms with van der Waals surface area (Å²) in [5.74, 6) is -2.32. The van der Waals surface area contributed by atoms with Gasteiger partial charge in [0.15, 0.2) is 11.6 Å². The lowest BCUT2D eigenvalue weighted by Crippen LogP contribution is -2.41. The molecule has 0 radical (unpaired) electrons. The van der Waals surface area contributed by atoms with Crippen LogP contribution in [0.15, 0.2) is 12.1 Å². The first-order valence-corrected chi connectivity index (χ1v) is 6.47. The van der Waals surface area contributed by atoms with Gasteiger partial charge in [-0.1, -0.05) is 12.8 Å². The maximum Gasteiger partial charge on any atom is 0.236 e. The summed E-state index contributed by atoms with van der Waals surface area (Å²) in [5.41, 5.74) is 4.82. The van der Waals surface area contributed by atoms with E-state index in [9.17, 15) is 13.6 Å². The van der Waals surface area contributed by atoms with Crippen LogP contribution in [0.3, 0.4) is 0 Å². The molecule has 1 fully saturated rings. The van der Waals surface area contributed by atoms with Crippen LogP contribution in [0.25, 0.3) is 0 Å². The zero-order chi connectivity index (χ0) is 14.7. The van der Waals surface area contributed by atoms with Crippen molar-refractivity contribution in [3.8, 4) is 6.07 Å². The number of benzene rings is 1. The number of carbonyl (C=O) groups is 1. The number of hydrogen-bond donors (Lipinski definition) is 1. The molecule has 106 valence electrons. The lowest BCUT2D eigenvalue weighted by atomic mass is 10.1. The van der Waals surface area contributed by atoms with Crippen LogP contribution in [0.2, 0.25) is 0 Å². The number of halogens is 2. The number of hydrogen-bond acceptors (Lipinski definition) is 3. The van der Waals surface area contributed by atoms with E-state index in [4.69, 9.17) is 11.0 Å². The number of primary amides is 1. The third-order valence-corrected chi connectivity index (χ3v) is 3.52. The van der Waals surface area contributed by atoms with E-state index < -0.39 is 17.5 Å². The van der Waals surface area contributed by atoms with Crippen molar-refractivity contribution in [1.29, 1.82) is 5.26 Å². The van der Waals surface area contributed by atoms with Crippen LogP contribution >= 0.6 is 0 Å². The van der Waals surface area contributed by atoms with Crippen molar-refractivity contribution in [2.45, 2.75) is 31.7 Å². The Morgan fingerprint density at radius 1 is 1.35 bits per heavy atom. The molecule has 2 rings (SSSR count). The molecule has 1 aliphatic carbocycles. The van der Waals surface area contributed by atoms with E-state index in [1.165, 1.54) is 4.90 Å². The van der Waals surface area contributed by atoms with E-state index in [1.54, 1.807) is 6.07 Å². The van der Waals surface area contributed by atoms with Crippen LogP contribution in [-0.2, 0) is 4.79 Å². The zero-order valence-corrected chi connectivity index (χ0v) is 10.9. The first kappa shape index (κ1) is 14.3. The van der Waals surface area contributed by atoms with Crippen molar-refractivity contribution < 1.29 is 13.6 Å². The van der Waals surface area contributed by atoms with Gasteiger partial charge in [0.2, 0.25) is 5.91 Å². The van der Waals surface area contributed by atoms with Crippen LogP contribution in [0, 0.1) is 23.0 Å². The molecule has 0 aliphatic heterocycles. The zero-order valence-electron chi connectivity index (χ0n) is 10.9. The van der Waals surface area contributed by atoms with Crippen molar-refractivity contribution in [2.24, 2.45) is 5.73 Å². The quantitative estimate of drug-likeness (QED) is 0.917. The minimum Gasteiger partial charge on any atom is -0.368 e. The lowest BCUT2D eigenvalue weighted by Gasteiger charge is -2.30. The molecule has 1 aromatic rings. The van der Waals surface area contributed by atoms with Crippen molar-refractivity contribution in [3.63, 3.8) is 0 Å². The van der Waals surface area contributed by atoms with Crippen molar-refractivity contribution in [1.82, 2.24) is 0 Å². The molecule has 1 saturated carbocycles. The largest absolute Gasteiger partial charge is 0.368 e. The molecule has 20 heavy (non-hydrogen) atoms. The summed E-state index contributed by atoms with van der Waals surface area (Å²) in [4.78, 5) is 12.6. The van der Waals surface area contributed by atoms with E-state index in [0.29, 0.717) is 0 Å². The van der Waals surface area contributed by atoms with Gasteiger partial charge in [-0.3, -0.25) is 4.79 Å². The topological polar surface area (TPSA) is 70.1 Å². The van der Waals surface area contributed by atoms with Crippen LogP contribution in [0.5, 0.6) is 0 Å². The fourth-order valence-corrected chi connectivity index (χ4v) is 2.68. The summed E-state index contributed by atoms with van der Waals surface area (Å²) >= 11 is 0. The molecule has 2 N–H and O–H groups in total. The fraction of sp³-hybridized carbons (Fsp3) is 0.429. The molecule has 1 aromatic carbocycles. The van der Waals surface area contributed by atoms with Crippen LogP contribution < -0.4 is 10.6 Å². The highest BCUT2D eigenvalue weighted by Crippen LogP contribution is 2.32. The summed E-state index contributed by atoms with van der Waals surface area (Å²) < 4.78 is 28.1. The van der Waals surface area contributed by atoms with Gasteiger partial charge >= 0.3 is 0 Å². The average Bonchev–Trinajstić information content (AvgIpc) is 2.89. The fourth-order valence-electron chi connectivity index (χ4n) is 2.68. The minimum absolute atomic E-state index is 0.0887. The minimum atomic E-state index is -0.838. The molecule has 0 aromatic heterocycles. The van der Waals surface area contributed by atoms with E-state index >= 15 is 0 Å². The van der Waals surface area contributed by atoms with E-state index in [0.717, 1.165) is 37.8 Å². The Morgan fingerprint density at radius 3 is 2.35 bits per heavy atom. The molecule has 0 saturated heterocycles. The Morgan fingerprint density at radius 2 is 1.90 bits per heavy atom. The third kappa shape index (κ3) is 2.87. The van der Waals surface area contributed by atoms with Crippen LogP contribution in [0.1, 0.15) is 31.2 Å². The Bertz CT molecular complexity index is 539. The van der Waals surface area contributed by atoms with Gasteiger partial charge in [0, 0.05) is 6.04 Å². The molecule has 1 aliphatic rings. The predicted octanol–water partition coefficient (Wildman–Crippen LogP) is 2.07. The molecule has 0 heterocycles. The second kappa shape index (κ2) is 5.87. The van der Waals surface area contributed by atoms with Gasteiger partial charge in [-0.25, -0.2) is 8.78 Å². The van der Waals surface area contributed by atoms with Crippen molar-refractivity contribution >= 4 is 11.6 Å². The summed E-state index contributed by atoms with van der Waals surface area (Å²) in [7, 11) is 0. The number of anilines is 1. The Labute approximate surface area is 115 Å². The van der Waals surface area contributed by atoms with Gasteiger partial charge < -0.3 is 10.6 Å². The molecule has 4 nitrogen and oxygen atoms in total. The van der Waals surface area contributed by atoms with Gasteiger partial charge in [0.1, 0.15) is 5.69 Å². The first-order chi connectivity index (χ1) is 9.52. The highest BCUT2D eigenvalue weighted by molar-refractivity contribution is 5.80. The molecule has 0 unspecified atom stereocenters. The average molecular weight is 279 g/mol. The summed E-state index contributed by atoms with van der Waals surface area (Å²) in [6.07, 6.45) is 3.46. The number of amides is 1.